The van der Waals surface area contributed by atoms with Crippen molar-refractivity contribution in [1.29, 1.82) is 0 Å². The Morgan fingerprint density at radius 3 is 2.33 bits per heavy atom. The highest BCUT2D eigenvalue weighted by Gasteiger charge is 2.24. The van der Waals surface area contributed by atoms with Crippen LogP contribution in [0, 0.1) is 0 Å². The molecule has 1 saturated heterocycles. The van der Waals surface area contributed by atoms with E-state index in [1.807, 2.05) is 24.3 Å². The minimum absolute atomic E-state index is 0.000216. The van der Waals surface area contributed by atoms with E-state index in [1.54, 1.807) is 0 Å². The SMILES string of the molecule is CC1CN(CC(Cl)c2ccc(Cl)cc2)CC(C)O1. The topological polar surface area (TPSA) is 12.5 Å². The summed E-state index contributed by atoms with van der Waals surface area (Å²) in [6.45, 7) is 6.95. The van der Waals surface area contributed by atoms with Crippen LogP contribution in [0.15, 0.2) is 24.3 Å². The van der Waals surface area contributed by atoms with Crippen molar-refractivity contribution in [1.82, 2.24) is 4.90 Å². The van der Waals surface area contributed by atoms with E-state index < -0.39 is 0 Å². The number of ether oxygens (including phenoxy) is 1. The number of rotatable bonds is 3. The van der Waals surface area contributed by atoms with Crippen molar-refractivity contribution < 1.29 is 4.74 Å². The number of hydrogen-bond acceptors (Lipinski definition) is 2. The molecule has 0 spiro atoms. The van der Waals surface area contributed by atoms with Gasteiger partial charge in [-0.05, 0) is 31.5 Å². The van der Waals surface area contributed by atoms with Gasteiger partial charge >= 0.3 is 0 Å². The van der Waals surface area contributed by atoms with E-state index in [2.05, 4.69) is 18.7 Å². The van der Waals surface area contributed by atoms with Crippen LogP contribution in [0.5, 0.6) is 0 Å². The smallest absolute Gasteiger partial charge is 0.0712 e. The van der Waals surface area contributed by atoms with E-state index in [4.69, 9.17) is 27.9 Å². The molecule has 18 heavy (non-hydrogen) atoms. The zero-order valence-corrected chi connectivity index (χ0v) is 12.3. The summed E-state index contributed by atoms with van der Waals surface area (Å²) < 4.78 is 5.72. The van der Waals surface area contributed by atoms with Gasteiger partial charge in [-0.15, -0.1) is 11.6 Å². The Labute approximate surface area is 119 Å². The molecule has 0 saturated carbocycles. The van der Waals surface area contributed by atoms with Crippen molar-refractivity contribution in [3.05, 3.63) is 34.9 Å². The average molecular weight is 288 g/mol. The van der Waals surface area contributed by atoms with Crippen LogP contribution in [-0.2, 0) is 4.74 Å². The van der Waals surface area contributed by atoms with E-state index in [0.717, 1.165) is 30.2 Å². The molecule has 1 aliphatic rings. The Hall–Kier alpha value is -0.280. The molecular weight excluding hydrogens is 269 g/mol. The second-order valence-electron chi connectivity index (χ2n) is 4.99. The largest absolute Gasteiger partial charge is 0.373 e. The second kappa shape index (κ2) is 6.25. The molecule has 3 unspecified atom stereocenters. The first-order chi connectivity index (χ1) is 8.54. The highest BCUT2D eigenvalue weighted by atomic mass is 35.5. The van der Waals surface area contributed by atoms with Gasteiger partial charge in [-0.1, -0.05) is 23.7 Å². The van der Waals surface area contributed by atoms with E-state index in [9.17, 15) is 0 Å². The summed E-state index contributed by atoms with van der Waals surface area (Å²) in [7, 11) is 0. The molecule has 2 rings (SSSR count). The Morgan fingerprint density at radius 2 is 1.78 bits per heavy atom. The second-order valence-corrected chi connectivity index (χ2v) is 5.96. The standard InChI is InChI=1S/C14H19Cl2NO/c1-10-7-17(8-11(2)18-10)9-14(16)12-3-5-13(15)6-4-12/h3-6,10-11,14H,7-9H2,1-2H3. The molecule has 1 aromatic rings. The summed E-state index contributed by atoms with van der Waals surface area (Å²) in [5, 5.41) is 0.746. The van der Waals surface area contributed by atoms with Gasteiger partial charge in [0.05, 0.1) is 17.6 Å². The monoisotopic (exact) mass is 287 g/mol. The molecule has 0 bridgehead atoms. The average Bonchev–Trinajstić information content (AvgIpc) is 2.28. The minimum Gasteiger partial charge on any atom is -0.373 e. The van der Waals surface area contributed by atoms with Crippen molar-refractivity contribution in [3.8, 4) is 0 Å². The van der Waals surface area contributed by atoms with Gasteiger partial charge in [0.15, 0.2) is 0 Å². The summed E-state index contributed by atoms with van der Waals surface area (Å²) in [6, 6.07) is 7.76. The molecule has 2 nitrogen and oxygen atoms in total. The van der Waals surface area contributed by atoms with Gasteiger partial charge in [0, 0.05) is 24.7 Å². The highest BCUT2D eigenvalue weighted by molar-refractivity contribution is 6.30. The van der Waals surface area contributed by atoms with Crippen molar-refractivity contribution in [2.45, 2.75) is 31.4 Å². The van der Waals surface area contributed by atoms with Crippen LogP contribution < -0.4 is 0 Å². The van der Waals surface area contributed by atoms with Crippen LogP contribution in [0.1, 0.15) is 24.8 Å². The van der Waals surface area contributed by atoms with Crippen molar-refractivity contribution in [2.24, 2.45) is 0 Å². The van der Waals surface area contributed by atoms with Crippen LogP contribution in [0.2, 0.25) is 5.02 Å². The third kappa shape index (κ3) is 3.86. The molecule has 4 heteroatoms. The van der Waals surface area contributed by atoms with Crippen LogP contribution in [-0.4, -0.2) is 36.7 Å². The van der Waals surface area contributed by atoms with Gasteiger partial charge in [-0.2, -0.15) is 0 Å². The first kappa shape index (κ1) is 14.1. The van der Waals surface area contributed by atoms with Crippen molar-refractivity contribution in [3.63, 3.8) is 0 Å². The molecule has 0 radical (unpaired) electrons. The maximum absolute atomic E-state index is 6.46. The highest BCUT2D eigenvalue weighted by Crippen LogP contribution is 2.24. The number of benzene rings is 1. The summed E-state index contributed by atoms with van der Waals surface area (Å²) in [5.41, 5.74) is 1.12. The maximum atomic E-state index is 6.46. The third-order valence-corrected chi connectivity index (χ3v) is 3.79. The van der Waals surface area contributed by atoms with Crippen molar-refractivity contribution >= 4 is 23.2 Å². The molecule has 0 amide bonds. The van der Waals surface area contributed by atoms with E-state index in [0.29, 0.717) is 0 Å². The van der Waals surface area contributed by atoms with Crippen molar-refractivity contribution in [2.75, 3.05) is 19.6 Å². The van der Waals surface area contributed by atoms with Crippen LogP contribution in [0.3, 0.4) is 0 Å². The van der Waals surface area contributed by atoms with Gasteiger partial charge in [0.1, 0.15) is 0 Å². The Bertz CT molecular complexity index is 372. The number of halogens is 2. The van der Waals surface area contributed by atoms with E-state index in [-0.39, 0.29) is 17.6 Å². The lowest BCUT2D eigenvalue weighted by Gasteiger charge is -2.36. The molecule has 0 aliphatic carbocycles. The fourth-order valence-electron chi connectivity index (χ4n) is 2.44. The third-order valence-electron chi connectivity index (χ3n) is 3.15. The fourth-order valence-corrected chi connectivity index (χ4v) is 2.90. The van der Waals surface area contributed by atoms with Crippen LogP contribution in [0.4, 0.5) is 0 Å². The fraction of sp³-hybridized carbons (Fsp3) is 0.571. The van der Waals surface area contributed by atoms with Crippen LogP contribution in [0.25, 0.3) is 0 Å². The van der Waals surface area contributed by atoms with Gasteiger partial charge in [0.2, 0.25) is 0 Å². The lowest BCUT2D eigenvalue weighted by molar-refractivity contribution is -0.0678. The number of nitrogens with zero attached hydrogens (tertiary/aromatic N) is 1. The predicted octanol–water partition coefficient (Wildman–Crippen LogP) is 3.73. The van der Waals surface area contributed by atoms with E-state index in [1.165, 1.54) is 0 Å². The van der Waals surface area contributed by atoms with Gasteiger partial charge in [-0.3, -0.25) is 4.90 Å². The molecule has 100 valence electrons. The van der Waals surface area contributed by atoms with E-state index >= 15 is 0 Å². The zero-order chi connectivity index (χ0) is 13.1. The Balaban J connectivity index is 1.94. The lowest BCUT2D eigenvalue weighted by atomic mass is 10.1. The number of hydrogen-bond donors (Lipinski definition) is 0. The molecule has 1 fully saturated rings. The summed E-state index contributed by atoms with van der Waals surface area (Å²) in [5.74, 6) is 0. The summed E-state index contributed by atoms with van der Waals surface area (Å²) in [4.78, 5) is 2.37. The van der Waals surface area contributed by atoms with Gasteiger partial charge < -0.3 is 4.74 Å². The van der Waals surface area contributed by atoms with Gasteiger partial charge in [-0.25, -0.2) is 0 Å². The summed E-state index contributed by atoms with van der Waals surface area (Å²) >= 11 is 12.3. The number of morpholine rings is 1. The molecule has 1 aliphatic heterocycles. The number of alkyl halides is 1. The summed E-state index contributed by atoms with van der Waals surface area (Å²) in [6.07, 6.45) is 0.561. The zero-order valence-electron chi connectivity index (χ0n) is 10.8. The lowest BCUT2D eigenvalue weighted by Crippen LogP contribution is -2.46. The molecule has 1 heterocycles. The van der Waals surface area contributed by atoms with Crippen LogP contribution >= 0.6 is 23.2 Å². The quantitative estimate of drug-likeness (QED) is 0.786. The first-order valence-corrected chi connectivity index (χ1v) is 7.13. The Morgan fingerprint density at radius 1 is 1.22 bits per heavy atom. The molecule has 0 N–H and O–H groups in total. The molecule has 0 aromatic heterocycles. The predicted molar refractivity (Wildman–Crippen MR) is 76.5 cm³/mol. The minimum atomic E-state index is -0.000216. The first-order valence-electron chi connectivity index (χ1n) is 6.32. The molecule has 3 atom stereocenters. The normalized spacial score (nSPS) is 27.1. The Kier molecular flexibility index (Phi) is 4.91. The van der Waals surface area contributed by atoms with Gasteiger partial charge in [0.25, 0.3) is 0 Å². The molecule has 1 aromatic carbocycles. The molecular formula is C14H19Cl2NO. The maximum Gasteiger partial charge on any atom is 0.0712 e.